The Morgan fingerprint density at radius 3 is 1.12 bits per heavy atom. The van der Waals surface area contributed by atoms with Crippen molar-refractivity contribution in [3.8, 4) is 0 Å². The van der Waals surface area contributed by atoms with E-state index in [1.54, 1.807) is 11.9 Å². The van der Waals surface area contributed by atoms with Gasteiger partial charge in [0.25, 0.3) is 20.0 Å². The molecule has 0 aromatic rings. The van der Waals surface area contributed by atoms with Crippen molar-refractivity contribution >= 4 is 20.0 Å². The first kappa shape index (κ1) is 41.8. The quantitative estimate of drug-likeness (QED) is 0.129. The minimum Gasteiger partial charge on any atom is -0.633 e. The molecule has 2 rings (SSSR count). The molecule has 0 atom stereocenters. The fourth-order valence-corrected chi connectivity index (χ4v) is 6.24. The molecule has 0 radical (unpaired) electrons. The van der Waals surface area contributed by atoms with Gasteiger partial charge in [-0.1, -0.05) is 0 Å². The van der Waals surface area contributed by atoms with E-state index in [1.165, 1.54) is 0 Å². The van der Waals surface area contributed by atoms with Gasteiger partial charge in [0.05, 0.1) is 33.2 Å². The summed E-state index contributed by atoms with van der Waals surface area (Å²) in [5, 5.41) is 11.6. The van der Waals surface area contributed by atoms with Gasteiger partial charge in [0.15, 0.2) is 0 Å². The molecule has 260 valence electrons. The molecule has 2 fully saturated rings. The molecule has 2 heterocycles. The highest BCUT2D eigenvalue weighted by Gasteiger charge is 2.77. The maximum Gasteiger partial charge on any atom is 0.427 e. The smallest absolute Gasteiger partial charge is 0.427 e. The van der Waals surface area contributed by atoms with Crippen LogP contribution < -0.4 is 0 Å². The van der Waals surface area contributed by atoms with Crippen LogP contribution in [-0.4, -0.2) is 146 Å². The minimum atomic E-state index is -6.08. The molecule has 0 saturated carbocycles. The first-order valence-corrected chi connectivity index (χ1v) is 14.4. The number of hydrogen-bond donors (Lipinski definition) is 2. The number of sulfonamides is 2. The zero-order valence-corrected chi connectivity index (χ0v) is 24.4. The van der Waals surface area contributed by atoms with Crippen LogP contribution in [0, 0.1) is 5.21 Å². The number of quaternary nitrogens is 1. The normalized spacial score (nSPS) is 20.9. The zero-order chi connectivity index (χ0) is 34.9. The largest absolute Gasteiger partial charge is 0.633 e. The Labute approximate surface area is 238 Å². The topological polar surface area (TPSA) is 142 Å². The molecule has 0 spiro atoms. The Balaban J connectivity index is 0.000000776. The van der Waals surface area contributed by atoms with Crippen molar-refractivity contribution in [3.05, 3.63) is 5.21 Å². The third-order valence-corrected chi connectivity index (χ3v) is 10.2. The molecule has 0 aromatic carbocycles. The molecule has 25 heteroatoms. The molecule has 2 saturated heterocycles. The second-order valence-electron chi connectivity index (χ2n) is 9.81. The highest BCUT2D eigenvalue weighted by molar-refractivity contribution is 7.90. The molecule has 0 amide bonds. The molecule has 2 N–H and O–H groups in total. The number of alkyl halides is 12. The van der Waals surface area contributed by atoms with Crippen molar-refractivity contribution in [1.82, 2.24) is 13.5 Å². The number of rotatable bonds is 8. The summed E-state index contributed by atoms with van der Waals surface area (Å²) in [6.07, 6.45) is 0. The summed E-state index contributed by atoms with van der Waals surface area (Å²) in [5.41, 5.74) is 0. The zero-order valence-electron chi connectivity index (χ0n) is 22.7. The van der Waals surface area contributed by atoms with E-state index < -0.39 is 112 Å². The molecular formula is C18H30F12N4O7S2. The number of halogens is 12. The monoisotopic (exact) mass is 706 g/mol. The summed E-state index contributed by atoms with van der Waals surface area (Å²) < 4.78 is 202. The maximum atomic E-state index is 13.5. The van der Waals surface area contributed by atoms with Crippen molar-refractivity contribution in [2.24, 2.45) is 0 Å². The number of hydroxylamine groups is 3. The predicted octanol–water partition coefficient (Wildman–Crippen LogP) is 2.92. The van der Waals surface area contributed by atoms with E-state index in [2.05, 4.69) is 0 Å². The van der Waals surface area contributed by atoms with Crippen LogP contribution >= 0.6 is 0 Å². The van der Waals surface area contributed by atoms with Crippen molar-refractivity contribution in [2.45, 2.75) is 48.0 Å². The maximum absolute atomic E-state index is 13.5. The van der Waals surface area contributed by atoms with Gasteiger partial charge in [0.2, 0.25) is 0 Å². The van der Waals surface area contributed by atoms with Crippen LogP contribution in [0.1, 0.15) is 13.8 Å². The lowest BCUT2D eigenvalue weighted by Gasteiger charge is -2.45. The summed E-state index contributed by atoms with van der Waals surface area (Å²) in [5.74, 6) is -22.5. The van der Waals surface area contributed by atoms with Gasteiger partial charge < -0.3 is 14.8 Å². The van der Waals surface area contributed by atoms with Crippen LogP contribution in [0.5, 0.6) is 0 Å². The first-order valence-electron chi connectivity index (χ1n) is 11.5. The van der Waals surface area contributed by atoms with Crippen LogP contribution in [0.25, 0.3) is 0 Å². The van der Waals surface area contributed by atoms with Crippen LogP contribution in [0.15, 0.2) is 0 Å². The fourth-order valence-electron chi connectivity index (χ4n) is 3.30. The Kier molecular flexibility index (Phi) is 12.9. The lowest BCUT2D eigenvalue weighted by atomic mass is 10.2. The van der Waals surface area contributed by atoms with Gasteiger partial charge in [-0.2, -0.15) is 61.3 Å². The van der Waals surface area contributed by atoms with Gasteiger partial charge in [-0.3, -0.25) is 10.5 Å². The highest BCUT2D eigenvalue weighted by Crippen LogP contribution is 2.50. The van der Waals surface area contributed by atoms with Crippen LogP contribution in [0.2, 0.25) is 0 Å². The predicted molar refractivity (Wildman–Crippen MR) is 124 cm³/mol. The third kappa shape index (κ3) is 8.14. The van der Waals surface area contributed by atoms with E-state index in [0.717, 1.165) is 7.05 Å². The Morgan fingerprint density at radius 2 is 0.860 bits per heavy atom. The van der Waals surface area contributed by atoms with Crippen molar-refractivity contribution in [3.63, 3.8) is 0 Å². The van der Waals surface area contributed by atoms with Crippen molar-refractivity contribution < 1.29 is 84.7 Å². The Hall–Kier alpha value is -1.22. The lowest BCUT2D eigenvalue weighted by Crippen LogP contribution is -2.63. The van der Waals surface area contributed by atoms with Crippen LogP contribution in [-0.2, 0) is 20.0 Å². The Morgan fingerprint density at radius 1 is 0.605 bits per heavy atom. The summed E-state index contributed by atoms with van der Waals surface area (Å²) in [6.45, 7) is -4.13. The van der Waals surface area contributed by atoms with Crippen molar-refractivity contribution in [1.29, 1.82) is 0 Å². The molecule has 0 unspecified atom stereocenters. The average molecular weight is 707 g/mol. The van der Waals surface area contributed by atoms with E-state index in [-0.39, 0.29) is 21.7 Å². The molecule has 43 heavy (non-hydrogen) atoms. The summed E-state index contributed by atoms with van der Waals surface area (Å²) in [6, 6.07) is 0. The first-order chi connectivity index (χ1) is 18.8. The van der Waals surface area contributed by atoms with E-state index >= 15 is 0 Å². The van der Waals surface area contributed by atoms with Crippen LogP contribution in [0.3, 0.4) is 0 Å². The Bertz CT molecular complexity index is 1130. The SMILES string of the molecule is CC(F)(F)C(F)(F)C(F)(F)S(=O)(=O)N1CC[N+](C)([O-])CC1.CN1CCN(S(=O)(=O)C(F)(F)C(F)(F)C(C)(F)F)CC1.OO. The van der Waals surface area contributed by atoms with E-state index in [1.807, 2.05) is 0 Å². The van der Waals surface area contributed by atoms with E-state index in [9.17, 15) is 74.7 Å². The van der Waals surface area contributed by atoms with Crippen LogP contribution in [0.4, 0.5) is 52.7 Å². The number of piperazine rings is 2. The molecular weight excluding hydrogens is 676 g/mol. The molecule has 0 bridgehead atoms. The lowest BCUT2D eigenvalue weighted by molar-refractivity contribution is -0.864. The number of hydrogen-bond acceptors (Lipinski definition) is 8. The summed E-state index contributed by atoms with van der Waals surface area (Å²) in [7, 11) is -9.18. The van der Waals surface area contributed by atoms with Gasteiger partial charge in [0.1, 0.15) is 0 Å². The number of likely N-dealkylation sites (N-methyl/N-ethyl adjacent to an activating group) is 2. The van der Waals surface area contributed by atoms with E-state index in [0.29, 0.717) is 0 Å². The van der Waals surface area contributed by atoms with Gasteiger partial charge in [-0.25, -0.2) is 16.8 Å². The molecule has 0 aromatic heterocycles. The van der Waals surface area contributed by atoms with Gasteiger partial charge in [-0.05, 0) is 7.05 Å². The molecule has 11 nitrogen and oxygen atoms in total. The van der Waals surface area contributed by atoms with Gasteiger partial charge in [0, 0.05) is 40.0 Å². The number of nitrogens with zero attached hydrogens (tertiary/aromatic N) is 4. The second kappa shape index (κ2) is 13.3. The third-order valence-electron chi connectivity index (χ3n) is 6.27. The highest BCUT2D eigenvalue weighted by atomic mass is 32.2. The summed E-state index contributed by atoms with van der Waals surface area (Å²) >= 11 is 0. The molecule has 0 aliphatic carbocycles. The van der Waals surface area contributed by atoms with Crippen molar-refractivity contribution in [2.75, 3.05) is 66.5 Å². The average Bonchev–Trinajstić information content (AvgIpc) is 2.84. The van der Waals surface area contributed by atoms with E-state index in [4.69, 9.17) is 10.5 Å². The van der Waals surface area contributed by atoms with Gasteiger partial charge >= 0.3 is 34.2 Å². The standard InChI is InChI=1S/C9H14F6N2O3S.C9H14F6N2O2S.H2O2/c1-7(10,11)8(12,13)9(14,15)21(19,20)16-3-5-17(2,18)6-4-16;1-7(10,11)8(12,13)9(14,15)20(18,19)17-5-3-16(2)4-6-17;1-2/h3-6H2,1-2H3;3-6H2,1-2H3;1-2H. The molecule has 2 aliphatic heterocycles. The molecule has 2 aliphatic rings. The summed E-state index contributed by atoms with van der Waals surface area (Å²) in [4.78, 5) is 1.59. The van der Waals surface area contributed by atoms with Gasteiger partial charge in [-0.15, -0.1) is 0 Å². The second-order valence-corrected chi connectivity index (χ2v) is 13.8. The minimum absolute atomic E-state index is 0.0450. The fraction of sp³-hybridized carbons (Fsp3) is 1.00.